The maximum absolute atomic E-state index is 11.9. The van der Waals surface area contributed by atoms with Gasteiger partial charge in [0.05, 0.1) is 9.75 Å². The average Bonchev–Trinajstić information content (AvgIpc) is 3.19. The first-order valence-corrected chi connectivity index (χ1v) is 9.12. The fourth-order valence-electron chi connectivity index (χ4n) is 1.78. The third-order valence-corrected chi connectivity index (χ3v) is 5.78. The molecule has 108 valence electrons. The van der Waals surface area contributed by atoms with Crippen molar-refractivity contribution >= 4 is 45.0 Å². The molecule has 0 saturated heterocycles. The van der Waals surface area contributed by atoms with E-state index in [9.17, 15) is 4.79 Å². The van der Waals surface area contributed by atoms with Gasteiger partial charge in [0.25, 0.3) is 0 Å². The van der Waals surface area contributed by atoms with Gasteiger partial charge in [-0.05, 0) is 22.9 Å². The van der Waals surface area contributed by atoms with Crippen molar-refractivity contribution in [1.29, 1.82) is 0 Å². The van der Waals surface area contributed by atoms with Crippen LogP contribution < -0.4 is 5.32 Å². The van der Waals surface area contributed by atoms with E-state index in [2.05, 4.69) is 27.8 Å². The maximum Gasteiger partial charge on any atom is 0.228 e. The van der Waals surface area contributed by atoms with E-state index in [4.69, 9.17) is 0 Å². The number of hydrogen-bond acceptors (Lipinski definition) is 5. The van der Waals surface area contributed by atoms with Crippen LogP contribution in [0.2, 0.25) is 0 Å². The van der Waals surface area contributed by atoms with Crippen molar-refractivity contribution in [3.8, 4) is 20.3 Å². The van der Waals surface area contributed by atoms with E-state index in [1.54, 1.807) is 22.7 Å². The highest BCUT2D eigenvalue weighted by molar-refractivity contribution is 7.24. The van der Waals surface area contributed by atoms with Gasteiger partial charge < -0.3 is 5.32 Å². The van der Waals surface area contributed by atoms with Crippen molar-refractivity contribution in [1.82, 2.24) is 4.98 Å². The number of nitrogens with one attached hydrogen (secondary N) is 1. The number of rotatable bonds is 4. The predicted octanol–water partition coefficient (Wildman–Crippen LogP) is 5.19. The van der Waals surface area contributed by atoms with Crippen LogP contribution in [0, 0.1) is 5.92 Å². The Morgan fingerprint density at radius 1 is 1.14 bits per heavy atom. The quantitative estimate of drug-likeness (QED) is 0.713. The maximum atomic E-state index is 11.9. The Morgan fingerprint density at radius 3 is 2.38 bits per heavy atom. The van der Waals surface area contributed by atoms with Crippen LogP contribution in [-0.4, -0.2) is 10.9 Å². The van der Waals surface area contributed by atoms with Crippen LogP contribution >= 0.6 is 34.0 Å². The van der Waals surface area contributed by atoms with Gasteiger partial charge in [-0.25, -0.2) is 4.98 Å². The molecule has 1 N–H and O–H groups in total. The lowest BCUT2D eigenvalue weighted by Gasteiger charge is -2.02. The predicted molar refractivity (Wildman–Crippen MR) is 92.2 cm³/mol. The van der Waals surface area contributed by atoms with Crippen LogP contribution in [0.25, 0.3) is 20.3 Å². The van der Waals surface area contributed by atoms with Crippen molar-refractivity contribution in [3.05, 3.63) is 35.0 Å². The van der Waals surface area contributed by atoms with Crippen LogP contribution in [0.15, 0.2) is 35.0 Å². The monoisotopic (exact) mass is 334 g/mol. The van der Waals surface area contributed by atoms with E-state index in [-0.39, 0.29) is 11.8 Å². The summed E-state index contributed by atoms with van der Waals surface area (Å²) in [5.74, 6) is -0.0523. The molecule has 0 saturated carbocycles. The minimum Gasteiger partial charge on any atom is -0.302 e. The number of aromatic nitrogens is 1. The molecule has 0 fully saturated rings. The molecule has 0 atom stereocenters. The fourth-order valence-corrected chi connectivity index (χ4v) is 4.40. The molecular formula is C15H14N2OS3. The van der Waals surface area contributed by atoms with E-state index in [0.29, 0.717) is 5.13 Å². The molecule has 0 aliphatic heterocycles. The van der Waals surface area contributed by atoms with E-state index in [0.717, 1.165) is 15.4 Å². The summed E-state index contributed by atoms with van der Waals surface area (Å²) in [7, 11) is 0. The molecule has 3 aromatic rings. The Labute approximate surface area is 135 Å². The van der Waals surface area contributed by atoms with Crippen molar-refractivity contribution in [3.63, 3.8) is 0 Å². The van der Waals surface area contributed by atoms with Gasteiger partial charge in [-0.15, -0.1) is 22.7 Å². The first-order chi connectivity index (χ1) is 10.1. The van der Waals surface area contributed by atoms with E-state index < -0.39 is 0 Å². The van der Waals surface area contributed by atoms with Gasteiger partial charge in [0.15, 0.2) is 5.13 Å². The molecule has 21 heavy (non-hydrogen) atoms. The summed E-state index contributed by atoms with van der Waals surface area (Å²) >= 11 is 4.89. The third-order valence-electron chi connectivity index (χ3n) is 2.88. The second kappa shape index (κ2) is 6.09. The molecule has 0 aliphatic carbocycles. The molecular weight excluding hydrogens is 320 g/mol. The van der Waals surface area contributed by atoms with Crippen LogP contribution in [0.5, 0.6) is 0 Å². The smallest absolute Gasteiger partial charge is 0.228 e. The standard InChI is InChI=1S/C15H14N2OS3/c1-9(2)14(18)17-15-16-12(10-5-3-7-19-10)13(21-15)11-6-4-8-20-11/h3-9H,1-2H3,(H,16,17,18). The van der Waals surface area contributed by atoms with E-state index in [1.165, 1.54) is 16.2 Å². The number of carbonyl (C=O) groups excluding carboxylic acids is 1. The highest BCUT2D eigenvalue weighted by atomic mass is 32.1. The summed E-state index contributed by atoms with van der Waals surface area (Å²) in [4.78, 5) is 19.9. The Balaban J connectivity index is 2.02. The summed E-state index contributed by atoms with van der Waals surface area (Å²) in [5.41, 5.74) is 0.955. The van der Waals surface area contributed by atoms with Crippen LogP contribution in [-0.2, 0) is 4.79 Å². The van der Waals surface area contributed by atoms with Gasteiger partial charge in [-0.1, -0.05) is 37.3 Å². The Morgan fingerprint density at radius 2 is 1.81 bits per heavy atom. The number of carbonyl (C=O) groups is 1. The zero-order chi connectivity index (χ0) is 14.8. The van der Waals surface area contributed by atoms with E-state index in [1.807, 2.05) is 31.4 Å². The molecule has 3 aromatic heterocycles. The normalized spacial score (nSPS) is 11.0. The number of hydrogen-bond donors (Lipinski definition) is 1. The fraction of sp³-hybridized carbons (Fsp3) is 0.200. The molecule has 3 nitrogen and oxygen atoms in total. The molecule has 6 heteroatoms. The molecule has 3 rings (SSSR count). The Bertz CT molecular complexity index is 675. The molecule has 0 aromatic carbocycles. The number of thiophene rings is 2. The minimum atomic E-state index is -0.0516. The first kappa shape index (κ1) is 14.4. The lowest BCUT2D eigenvalue weighted by atomic mass is 10.2. The molecule has 0 radical (unpaired) electrons. The summed E-state index contributed by atoms with van der Waals surface area (Å²) in [6.45, 7) is 3.76. The van der Waals surface area contributed by atoms with Gasteiger partial charge in [-0.3, -0.25) is 4.79 Å². The minimum absolute atomic E-state index is 0.000732. The average molecular weight is 334 g/mol. The topological polar surface area (TPSA) is 42.0 Å². The summed E-state index contributed by atoms with van der Waals surface area (Å²) in [6, 6.07) is 8.20. The van der Waals surface area contributed by atoms with Crippen molar-refractivity contribution < 1.29 is 4.79 Å². The summed E-state index contributed by atoms with van der Waals surface area (Å²) < 4.78 is 0. The van der Waals surface area contributed by atoms with Crippen molar-refractivity contribution in [2.24, 2.45) is 5.92 Å². The van der Waals surface area contributed by atoms with Crippen LogP contribution in [0.1, 0.15) is 13.8 Å². The SMILES string of the molecule is CC(C)C(=O)Nc1nc(-c2cccs2)c(-c2cccs2)s1. The number of thiazole rings is 1. The summed E-state index contributed by atoms with van der Waals surface area (Å²) in [6.07, 6.45) is 0. The first-order valence-electron chi connectivity index (χ1n) is 6.54. The second-order valence-corrected chi connectivity index (χ2v) is 7.69. The van der Waals surface area contributed by atoms with Gasteiger partial charge in [0, 0.05) is 10.8 Å². The largest absolute Gasteiger partial charge is 0.302 e. The second-order valence-electron chi connectivity index (χ2n) is 4.80. The van der Waals surface area contributed by atoms with E-state index >= 15 is 0 Å². The Kier molecular flexibility index (Phi) is 4.19. The van der Waals surface area contributed by atoms with Crippen LogP contribution in [0.3, 0.4) is 0 Å². The molecule has 1 amide bonds. The van der Waals surface area contributed by atoms with Gasteiger partial charge >= 0.3 is 0 Å². The highest BCUT2D eigenvalue weighted by Crippen LogP contribution is 2.42. The molecule has 3 heterocycles. The molecule has 0 bridgehead atoms. The lowest BCUT2D eigenvalue weighted by molar-refractivity contribution is -0.118. The third kappa shape index (κ3) is 3.07. The zero-order valence-electron chi connectivity index (χ0n) is 11.6. The highest BCUT2D eigenvalue weighted by Gasteiger charge is 2.18. The molecule has 0 spiro atoms. The van der Waals surface area contributed by atoms with Crippen molar-refractivity contribution in [2.75, 3.05) is 5.32 Å². The summed E-state index contributed by atoms with van der Waals surface area (Å²) in [5, 5.41) is 7.67. The van der Waals surface area contributed by atoms with Gasteiger partial charge in [0.2, 0.25) is 5.91 Å². The van der Waals surface area contributed by atoms with Crippen LogP contribution in [0.4, 0.5) is 5.13 Å². The molecule has 0 aliphatic rings. The van der Waals surface area contributed by atoms with Gasteiger partial charge in [-0.2, -0.15) is 0 Å². The number of nitrogens with zero attached hydrogens (tertiary/aromatic N) is 1. The number of anilines is 1. The number of amides is 1. The zero-order valence-corrected chi connectivity index (χ0v) is 14.1. The molecule has 0 unspecified atom stereocenters. The Hall–Kier alpha value is -1.50. The lowest BCUT2D eigenvalue weighted by Crippen LogP contribution is -2.17. The van der Waals surface area contributed by atoms with Gasteiger partial charge in [0.1, 0.15) is 5.69 Å². The van der Waals surface area contributed by atoms with Crippen molar-refractivity contribution in [2.45, 2.75) is 13.8 Å².